The number of halogens is 1. The standard InChI is InChI=1S/C21H20BrN3O/c1-14-12-20(25-10-2-3-11-25)24-19-9-8-17(13-18(14)19)23-21(26)15-4-6-16(22)7-5-15/h4-9,12-13H,2-3,10-11H2,1H3,(H,23,26). The highest BCUT2D eigenvalue weighted by Crippen LogP contribution is 2.27. The number of amides is 1. The van der Waals surface area contributed by atoms with Crippen molar-refractivity contribution in [2.45, 2.75) is 19.8 Å². The number of fused-ring (bicyclic) bond motifs is 1. The van der Waals surface area contributed by atoms with Crippen molar-refractivity contribution in [3.05, 3.63) is 64.1 Å². The number of nitrogens with one attached hydrogen (secondary N) is 1. The SMILES string of the molecule is Cc1cc(N2CCCC2)nc2ccc(NC(=O)c3ccc(Br)cc3)cc12. The smallest absolute Gasteiger partial charge is 0.255 e. The van der Waals surface area contributed by atoms with Crippen molar-refractivity contribution in [2.75, 3.05) is 23.3 Å². The van der Waals surface area contributed by atoms with E-state index < -0.39 is 0 Å². The summed E-state index contributed by atoms with van der Waals surface area (Å²) in [4.78, 5) is 19.6. The second-order valence-electron chi connectivity index (χ2n) is 6.68. The molecule has 1 fully saturated rings. The van der Waals surface area contributed by atoms with Gasteiger partial charge in [0.15, 0.2) is 0 Å². The number of hydrogen-bond acceptors (Lipinski definition) is 3. The lowest BCUT2D eigenvalue weighted by Crippen LogP contribution is -2.19. The number of carbonyl (C=O) groups excluding carboxylic acids is 1. The van der Waals surface area contributed by atoms with E-state index in [1.807, 2.05) is 30.3 Å². The number of aryl methyl sites for hydroxylation is 1. The van der Waals surface area contributed by atoms with E-state index in [0.29, 0.717) is 5.56 Å². The fourth-order valence-electron chi connectivity index (χ4n) is 3.37. The molecule has 0 atom stereocenters. The van der Waals surface area contributed by atoms with Crippen molar-refractivity contribution in [1.82, 2.24) is 4.98 Å². The average molecular weight is 410 g/mol. The molecule has 0 bridgehead atoms. The third-order valence-electron chi connectivity index (χ3n) is 4.80. The number of pyridine rings is 1. The third-order valence-corrected chi connectivity index (χ3v) is 5.33. The molecule has 2 aromatic carbocycles. The minimum absolute atomic E-state index is 0.115. The van der Waals surface area contributed by atoms with Crippen LogP contribution in [0.15, 0.2) is 53.0 Å². The number of anilines is 2. The molecule has 1 N–H and O–H groups in total. The maximum Gasteiger partial charge on any atom is 0.255 e. The molecule has 1 aliphatic rings. The van der Waals surface area contributed by atoms with E-state index in [-0.39, 0.29) is 5.91 Å². The highest BCUT2D eigenvalue weighted by Gasteiger charge is 2.15. The Hall–Kier alpha value is -2.40. The zero-order valence-electron chi connectivity index (χ0n) is 14.6. The molecule has 4 nitrogen and oxygen atoms in total. The van der Waals surface area contributed by atoms with Gasteiger partial charge in [-0.1, -0.05) is 15.9 Å². The van der Waals surface area contributed by atoms with Gasteiger partial charge < -0.3 is 10.2 Å². The highest BCUT2D eigenvalue weighted by atomic mass is 79.9. The Labute approximate surface area is 161 Å². The lowest BCUT2D eigenvalue weighted by molar-refractivity contribution is 0.102. The normalized spacial score (nSPS) is 14.0. The highest BCUT2D eigenvalue weighted by molar-refractivity contribution is 9.10. The van der Waals surface area contributed by atoms with E-state index in [1.165, 1.54) is 18.4 Å². The maximum atomic E-state index is 12.4. The Balaban J connectivity index is 1.61. The Bertz CT molecular complexity index is 963. The van der Waals surface area contributed by atoms with Crippen LogP contribution in [-0.4, -0.2) is 24.0 Å². The van der Waals surface area contributed by atoms with Crippen molar-refractivity contribution < 1.29 is 4.79 Å². The van der Waals surface area contributed by atoms with E-state index in [4.69, 9.17) is 4.98 Å². The van der Waals surface area contributed by atoms with Crippen molar-refractivity contribution in [2.24, 2.45) is 0 Å². The summed E-state index contributed by atoms with van der Waals surface area (Å²) in [6.45, 7) is 4.27. The molecule has 2 heterocycles. The summed E-state index contributed by atoms with van der Waals surface area (Å²) < 4.78 is 0.954. The summed E-state index contributed by atoms with van der Waals surface area (Å²) in [6, 6.07) is 15.4. The van der Waals surface area contributed by atoms with Gasteiger partial charge in [-0.15, -0.1) is 0 Å². The van der Waals surface area contributed by atoms with Gasteiger partial charge in [-0.25, -0.2) is 4.98 Å². The summed E-state index contributed by atoms with van der Waals surface area (Å²) in [5.41, 5.74) is 3.56. The predicted octanol–water partition coefficient (Wildman–Crippen LogP) is 5.16. The van der Waals surface area contributed by atoms with E-state index in [2.05, 4.69) is 39.1 Å². The monoisotopic (exact) mass is 409 g/mol. The van der Waals surface area contributed by atoms with Gasteiger partial charge in [0.25, 0.3) is 5.91 Å². The number of aromatic nitrogens is 1. The largest absolute Gasteiger partial charge is 0.357 e. The van der Waals surface area contributed by atoms with Crippen LogP contribution >= 0.6 is 15.9 Å². The zero-order valence-corrected chi connectivity index (χ0v) is 16.2. The third kappa shape index (κ3) is 3.44. The summed E-state index contributed by atoms with van der Waals surface area (Å²) in [6.07, 6.45) is 2.47. The van der Waals surface area contributed by atoms with Crippen LogP contribution in [0.5, 0.6) is 0 Å². The minimum Gasteiger partial charge on any atom is -0.357 e. The number of hydrogen-bond donors (Lipinski definition) is 1. The van der Waals surface area contributed by atoms with Crippen molar-refractivity contribution >= 4 is 44.2 Å². The molecule has 0 radical (unpaired) electrons. The molecular weight excluding hydrogens is 390 g/mol. The molecule has 1 amide bonds. The molecule has 0 saturated carbocycles. The topological polar surface area (TPSA) is 45.2 Å². The maximum absolute atomic E-state index is 12.4. The Morgan fingerprint density at radius 2 is 1.81 bits per heavy atom. The van der Waals surface area contributed by atoms with Crippen molar-refractivity contribution in [3.8, 4) is 0 Å². The molecular formula is C21H20BrN3O. The average Bonchev–Trinajstić information content (AvgIpc) is 3.17. The molecule has 0 unspecified atom stereocenters. The first kappa shape index (κ1) is 17.0. The lowest BCUT2D eigenvalue weighted by Gasteiger charge is -2.18. The van der Waals surface area contributed by atoms with Gasteiger partial charge in [0.2, 0.25) is 0 Å². The fourth-order valence-corrected chi connectivity index (χ4v) is 3.63. The fraction of sp³-hybridized carbons (Fsp3) is 0.238. The predicted molar refractivity (Wildman–Crippen MR) is 110 cm³/mol. The first-order chi connectivity index (χ1) is 12.6. The van der Waals surface area contributed by atoms with Crippen LogP contribution in [0, 0.1) is 6.92 Å². The Kier molecular flexibility index (Phi) is 4.64. The lowest BCUT2D eigenvalue weighted by atomic mass is 10.1. The number of carbonyl (C=O) groups is 1. The van der Waals surface area contributed by atoms with Gasteiger partial charge in [-0.3, -0.25) is 4.79 Å². The molecule has 3 aromatic rings. The molecule has 1 aliphatic heterocycles. The van der Waals surface area contributed by atoms with E-state index in [1.54, 1.807) is 12.1 Å². The molecule has 26 heavy (non-hydrogen) atoms. The second-order valence-corrected chi connectivity index (χ2v) is 7.60. The Morgan fingerprint density at radius 1 is 1.08 bits per heavy atom. The molecule has 132 valence electrons. The molecule has 1 aromatic heterocycles. The number of benzene rings is 2. The van der Waals surface area contributed by atoms with Crippen molar-refractivity contribution in [1.29, 1.82) is 0 Å². The first-order valence-electron chi connectivity index (χ1n) is 8.83. The van der Waals surface area contributed by atoms with Crippen LogP contribution in [-0.2, 0) is 0 Å². The van der Waals surface area contributed by atoms with E-state index in [0.717, 1.165) is 40.0 Å². The van der Waals surface area contributed by atoms with Gasteiger partial charge in [-0.2, -0.15) is 0 Å². The molecule has 5 heteroatoms. The molecule has 0 spiro atoms. The van der Waals surface area contributed by atoms with Crippen LogP contribution < -0.4 is 10.2 Å². The van der Waals surface area contributed by atoms with Gasteiger partial charge in [0.05, 0.1) is 5.52 Å². The number of nitrogens with zero attached hydrogens (tertiary/aromatic N) is 2. The summed E-state index contributed by atoms with van der Waals surface area (Å²) in [5, 5.41) is 4.05. The molecule has 4 rings (SSSR count). The molecule has 1 saturated heterocycles. The molecule has 0 aliphatic carbocycles. The zero-order chi connectivity index (χ0) is 18.1. The van der Waals surface area contributed by atoms with Gasteiger partial charge in [0.1, 0.15) is 5.82 Å². The van der Waals surface area contributed by atoms with E-state index >= 15 is 0 Å². The second kappa shape index (κ2) is 7.08. The van der Waals surface area contributed by atoms with Crippen LogP contribution in [0.1, 0.15) is 28.8 Å². The minimum atomic E-state index is -0.115. The van der Waals surface area contributed by atoms with Crippen molar-refractivity contribution in [3.63, 3.8) is 0 Å². The van der Waals surface area contributed by atoms with Gasteiger partial charge in [-0.05, 0) is 73.9 Å². The summed E-state index contributed by atoms with van der Waals surface area (Å²) in [7, 11) is 0. The van der Waals surface area contributed by atoms with Crippen LogP contribution in [0.3, 0.4) is 0 Å². The quantitative estimate of drug-likeness (QED) is 0.649. The van der Waals surface area contributed by atoms with Crippen LogP contribution in [0.2, 0.25) is 0 Å². The van der Waals surface area contributed by atoms with Gasteiger partial charge in [0, 0.05) is 34.2 Å². The number of rotatable bonds is 3. The van der Waals surface area contributed by atoms with E-state index in [9.17, 15) is 4.79 Å². The summed E-state index contributed by atoms with van der Waals surface area (Å²) >= 11 is 3.38. The first-order valence-corrected chi connectivity index (χ1v) is 9.63. The summed E-state index contributed by atoms with van der Waals surface area (Å²) in [5.74, 6) is 0.940. The van der Waals surface area contributed by atoms with Gasteiger partial charge >= 0.3 is 0 Å². The van der Waals surface area contributed by atoms with Crippen LogP contribution in [0.25, 0.3) is 10.9 Å². The van der Waals surface area contributed by atoms with Crippen LogP contribution in [0.4, 0.5) is 11.5 Å². The Morgan fingerprint density at radius 3 is 2.54 bits per heavy atom.